The minimum atomic E-state index is -2.88. The van der Waals surface area contributed by atoms with Gasteiger partial charge in [0.05, 0.1) is 5.75 Å². The van der Waals surface area contributed by atoms with Crippen LogP contribution in [-0.2, 0) is 9.84 Å². The van der Waals surface area contributed by atoms with Crippen LogP contribution in [0.4, 0.5) is 0 Å². The summed E-state index contributed by atoms with van der Waals surface area (Å²) in [6.07, 6.45) is 1.89. The average Bonchev–Trinajstić information content (AvgIpc) is 2.26. The summed E-state index contributed by atoms with van der Waals surface area (Å²) in [6, 6.07) is 8.00. The third-order valence-electron chi connectivity index (χ3n) is 2.83. The van der Waals surface area contributed by atoms with Crippen molar-refractivity contribution >= 4 is 21.4 Å². The zero-order valence-electron chi connectivity index (χ0n) is 11.0. The summed E-state index contributed by atoms with van der Waals surface area (Å²) >= 11 is 5.83. The normalized spacial score (nSPS) is 15.3. The molecule has 1 N–H and O–H groups in total. The van der Waals surface area contributed by atoms with Crippen molar-refractivity contribution in [2.24, 2.45) is 0 Å². The minimum absolute atomic E-state index is 0.158. The lowest BCUT2D eigenvalue weighted by atomic mass is 10.1. The van der Waals surface area contributed by atoms with Gasteiger partial charge < -0.3 is 5.32 Å². The highest BCUT2D eigenvalue weighted by Gasteiger charge is 2.11. The van der Waals surface area contributed by atoms with Crippen molar-refractivity contribution in [2.45, 2.75) is 32.4 Å². The Bertz CT molecular complexity index is 470. The molecule has 1 aromatic carbocycles. The van der Waals surface area contributed by atoms with E-state index in [1.54, 1.807) is 0 Å². The van der Waals surface area contributed by atoms with Gasteiger partial charge in [-0.05, 0) is 38.0 Å². The summed E-state index contributed by atoms with van der Waals surface area (Å²) in [5, 5.41) is 4.10. The number of sulfone groups is 1. The Morgan fingerprint density at radius 1 is 1.22 bits per heavy atom. The predicted octanol–water partition coefficient (Wildman–Crippen LogP) is 2.81. The molecule has 0 fully saturated rings. The Kier molecular flexibility index (Phi) is 5.63. The Labute approximate surface area is 114 Å². The second-order valence-corrected chi connectivity index (χ2v) is 7.46. The van der Waals surface area contributed by atoms with Gasteiger partial charge in [-0.25, -0.2) is 8.42 Å². The second-order valence-electron chi connectivity index (χ2n) is 4.76. The van der Waals surface area contributed by atoms with Crippen LogP contribution in [0.3, 0.4) is 0 Å². The van der Waals surface area contributed by atoms with E-state index in [1.165, 1.54) is 6.26 Å². The first-order chi connectivity index (χ1) is 8.28. The fourth-order valence-corrected chi connectivity index (χ4v) is 2.66. The maximum atomic E-state index is 11.1. The third-order valence-corrected chi connectivity index (χ3v) is 4.06. The van der Waals surface area contributed by atoms with Crippen LogP contribution in [0.2, 0.25) is 5.02 Å². The molecule has 0 saturated carbocycles. The van der Waals surface area contributed by atoms with E-state index in [9.17, 15) is 8.42 Å². The van der Waals surface area contributed by atoms with E-state index in [0.29, 0.717) is 6.42 Å². The van der Waals surface area contributed by atoms with Gasteiger partial charge in [-0.1, -0.05) is 23.7 Å². The molecule has 0 radical (unpaired) electrons. The fourth-order valence-electron chi connectivity index (χ4n) is 1.75. The van der Waals surface area contributed by atoms with Gasteiger partial charge in [-0.15, -0.1) is 0 Å². The van der Waals surface area contributed by atoms with E-state index in [2.05, 4.69) is 12.2 Å². The van der Waals surface area contributed by atoms with Gasteiger partial charge >= 0.3 is 0 Å². The van der Waals surface area contributed by atoms with Gasteiger partial charge in [0.25, 0.3) is 0 Å². The first-order valence-corrected chi connectivity index (χ1v) is 8.41. The lowest BCUT2D eigenvalue weighted by Crippen LogP contribution is -2.30. The van der Waals surface area contributed by atoms with E-state index in [0.717, 1.165) is 10.6 Å². The molecule has 5 heteroatoms. The van der Waals surface area contributed by atoms with Crippen molar-refractivity contribution in [3.05, 3.63) is 34.9 Å². The van der Waals surface area contributed by atoms with Crippen molar-refractivity contribution in [1.29, 1.82) is 0 Å². The maximum absolute atomic E-state index is 11.1. The predicted molar refractivity (Wildman–Crippen MR) is 76.8 cm³/mol. The molecule has 2 atom stereocenters. The van der Waals surface area contributed by atoms with Crippen LogP contribution in [-0.4, -0.2) is 26.5 Å². The molecule has 3 nitrogen and oxygen atoms in total. The molecular weight excluding hydrogens is 270 g/mol. The lowest BCUT2D eigenvalue weighted by Gasteiger charge is -2.20. The van der Waals surface area contributed by atoms with Gasteiger partial charge in [0.15, 0.2) is 0 Å². The molecule has 0 heterocycles. The minimum Gasteiger partial charge on any atom is -0.308 e. The summed E-state index contributed by atoms with van der Waals surface area (Å²) in [6.45, 7) is 4.05. The van der Waals surface area contributed by atoms with E-state index >= 15 is 0 Å². The van der Waals surface area contributed by atoms with Crippen LogP contribution < -0.4 is 5.32 Å². The monoisotopic (exact) mass is 289 g/mol. The molecule has 0 bridgehead atoms. The molecule has 0 saturated heterocycles. The molecular formula is C13H20ClNO2S. The zero-order valence-corrected chi connectivity index (χ0v) is 12.6. The molecule has 0 aliphatic carbocycles. The number of hydrogen-bond donors (Lipinski definition) is 1. The summed E-state index contributed by atoms with van der Waals surface area (Å²) in [5.74, 6) is 0.217. The highest BCUT2D eigenvalue weighted by atomic mass is 35.5. The van der Waals surface area contributed by atoms with Crippen LogP contribution in [0.25, 0.3) is 0 Å². The van der Waals surface area contributed by atoms with Gasteiger partial charge in [-0.3, -0.25) is 0 Å². The molecule has 0 aliphatic rings. The molecule has 1 aromatic rings. The molecule has 0 aliphatic heterocycles. The van der Waals surface area contributed by atoms with Crippen molar-refractivity contribution in [2.75, 3.05) is 12.0 Å². The number of benzene rings is 1. The largest absolute Gasteiger partial charge is 0.308 e. The van der Waals surface area contributed by atoms with Crippen LogP contribution >= 0.6 is 11.6 Å². The summed E-state index contributed by atoms with van der Waals surface area (Å²) in [5.41, 5.74) is 1.14. The van der Waals surface area contributed by atoms with Crippen molar-refractivity contribution in [3.63, 3.8) is 0 Å². The van der Waals surface area contributed by atoms with Crippen LogP contribution in [0.1, 0.15) is 31.9 Å². The maximum Gasteiger partial charge on any atom is 0.147 e. The molecule has 102 valence electrons. The Balaban J connectivity index is 2.49. The highest BCUT2D eigenvalue weighted by Crippen LogP contribution is 2.16. The molecule has 0 spiro atoms. The average molecular weight is 290 g/mol. The smallest absolute Gasteiger partial charge is 0.147 e. The van der Waals surface area contributed by atoms with E-state index in [-0.39, 0.29) is 17.8 Å². The molecule has 0 amide bonds. The SMILES string of the molecule is C[C@H](CCS(C)(=O)=O)N[C@H](C)c1ccc(Cl)cc1. The Morgan fingerprint density at radius 3 is 2.28 bits per heavy atom. The van der Waals surface area contributed by atoms with Crippen LogP contribution in [0, 0.1) is 0 Å². The molecule has 0 aromatic heterocycles. The molecule has 1 rings (SSSR count). The number of hydrogen-bond acceptors (Lipinski definition) is 3. The number of nitrogens with one attached hydrogen (secondary N) is 1. The highest BCUT2D eigenvalue weighted by molar-refractivity contribution is 7.90. The van der Waals surface area contributed by atoms with E-state index in [4.69, 9.17) is 11.6 Å². The summed E-state index contributed by atoms with van der Waals surface area (Å²) in [4.78, 5) is 0. The number of halogens is 1. The third kappa shape index (κ3) is 5.85. The van der Waals surface area contributed by atoms with Crippen LogP contribution in [0.15, 0.2) is 24.3 Å². The van der Waals surface area contributed by atoms with Crippen molar-refractivity contribution in [1.82, 2.24) is 5.32 Å². The zero-order chi connectivity index (χ0) is 13.8. The lowest BCUT2D eigenvalue weighted by molar-refractivity contribution is 0.468. The van der Waals surface area contributed by atoms with Crippen molar-refractivity contribution in [3.8, 4) is 0 Å². The Hall–Kier alpha value is -0.580. The fraction of sp³-hybridized carbons (Fsp3) is 0.538. The van der Waals surface area contributed by atoms with E-state index in [1.807, 2.05) is 31.2 Å². The van der Waals surface area contributed by atoms with Gasteiger partial charge in [0.1, 0.15) is 9.84 Å². The molecule has 0 unspecified atom stereocenters. The van der Waals surface area contributed by atoms with Gasteiger partial charge in [0, 0.05) is 23.4 Å². The Morgan fingerprint density at radius 2 is 1.78 bits per heavy atom. The quantitative estimate of drug-likeness (QED) is 0.876. The van der Waals surface area contributed by atoms with Crippen LogP contribution in [0.5, 0.6) is 0 Å². The van der Waals surface area contributed by atoms with Crippen molar-refractivity contribution < 1.29 is 8.42 Å². The van der Waals surface area contributed by atoms with Gasteiger partial charge in [-0.2, -0.15) is 0 Å². The first kappa shape index (κ1) is 15.5. The molecule has 18 heavy (non-hydrogen) atoms. The van der Waals surface area contributed by atoms with Gasteiger partial charge in [0.2, 0.25) is 0 Å². The summed E-state index contributed by atoms with van der Waals surface area (Å²) in [7, 11) is -2.88. The standard InChI is InChI=1S/C13H20ClNO2S/c1-10(8-9-18(3,16)17)15-11(2)12-4-6-13(14)7-5-12/h4-7,10-11,15H,8-9H2,1-3H3/t10-,11-/m1/s1. The topological polar surface area (TPSA) is 46.2 Å². The summed E-state index contributed by atoms with van der Waals surface area (Å²) < 4.78 is 22.2. The second kappa shape index (κ2) is 6.55. The number of rotatable bonds is 6. The first-order valence-electron chi connectivity index (χ1n) is 5.97. The van der Waals surface area contributed by atoms with E-state index < -0.39 is 9.84 Å².